The molecule has 1 fully saturated rings. The summed E-state index contributed by atoms with van der Waals surface area (Å²) in [5, 5.41) is 31.4. The molecule has 6 atom stereocenters. The number of esters is 3. The Balaban J connectivity index is 2.72. The summed E-state index contributed by atoms with van der Waals surface area (Å²) in [4.78, 5) is 51.1. The quantitative estimate of drug-likeness (QED) is 0.0228. The maximum Gasteiger partial charge on any atom is 0.335 e. The minimum atomic E-state index is -1.92. The molecule has 0 saturated carbocycles. The number of hydrogen-bond acceptors (Lipinski definition) is 11. The predicted octanol–water partition coefficient (Wildman–Crippen LogP) is 15.1. The third-order valence-electron chi connectivity index (χ3n) is 13.0. The average molecular weight is 1050 g/mol. The third kappa shape index (κ3) is 40.8. The number of rotatable bonds is 49. The molecular formula is C63H104O12. The Morgan fingerprint density at radius 2 is 0.840 bits per heavy atom. The van der Waals surface area contributed by atoms with E-state index in [4.69, 9.17) is 23.7 Å². The first kappa shape index (κ1) is 68.9. The first-order valence-electron chi connectivity index (χ1n) is 29.6. The molecule has 6 unspecified atom stereocenters. The molecule has 0 bridgehead atoms. The van der Waals surface area contributed by atoms with Gasteiger partial charge in [0.25, 0.3) is 0 Å². The van der Waals surface area contributed by atoms with Crippen molar-refractivity contribution < 1.29 is 58.2 Å². The van der Waals surface area contributed by atoms with Crippen molar-refractivity contribution in [3.05, 3.63) is 85.1 Å². The van der Waals surface area contributed by atoms with Gasteiger partial charge in [-0.3, -0.25) is 14.4 Å². The van der Waals surface area contributed by atoms with Gasteiger partial charge in [0.15, 0.2) is 24.6 Å². The van der Waals surface area contributed by atoms with Crippen molar-refractivity contribution in [1.82, 2.24) is 0 Å². The molecular weight excluding hydrogens is 949 g/mol. The molecule has 0 aromatic rings. The lowest BCUT2D eigenvalue weighted by Gasteiger charge is -2.40. The number of carboxylic acids is 1. The number of aliphatic hydroxyl groups is 2. The van der Waals surface area contributed by atoms with Gasteiger partial charge >= 0.3 is 23.9 Å². The van der Waals surface area contributed by atoms with Gasteiger partial charge < -0.3 is 39.0 Å². The minimum absolute atomic E-state index is 0.0207. The fourth-order valence-corrected chi connectivity index (χ4v) is 8.49. The van der Waals surface area contributed by atoms with Crippen LogP contribution in [0.2, 0.25) is 0 Å². The molecule has 1 saturated heterocycles. The highest BCUT2D eigenvalue weighted by atomic mass is 16.7. The molecule has 0 aliphatic carbocycles. The summed E-state index contributed by atoms with van der Waals surface area (Å²) in [6, 6.07) is 0. The third-order valence-corrected chi connectivity index (χ3v) is 13.0. The summed E-state index contributed by atoms with van der Waals surface area (Å²) in [7, 11) is 0. The van der Waals surface area contributed by atoms with Gasteiger partial charge in [0, 0.05) is 19.3 Å². The average Bonchev–Trinajstić information content (AvgIpc) is 3.39. The lowest BCUT2D eigenvalue weighted by molar-refractivity contribution is -0.301. The number of hydrogen-bond donors (Lipinski definition) is 3. The summed E-state index contributed by atoms with van der Waals surface area (Å²) in [5.74, 6) is -3.19. The van der Waals surface area contributed by atoms with Crippen molar-refractivity contribution in [2.75, 3.05) is 13.2 Å². The van der Waals surface area contributed by atoms with Gasteiger partial charge in [0.2, 0.25) is 0 Å². The highest BCUT2D eigenvalue weighted by molar-refractivity contribution is 5.74. The maximum atomic E-state index is 13.2. The zero-order chi connectivity index (χ0) is 54.7. The molecule has 12 nitrogen and oxygen atoms in total. The van der Waals surface area contributed by atoms with E-state index in [0.29, 0.717) is 19.3 Å². The number of carbonyl (C=O) groups is 4. The van der Waals surface area contributed by atoms with E-state index in [2.05, 4.69) is 106 Å². The zero-order valence-electron chi connectivity index (χ0n) is 47.0. The van der Waals surface area contributed by atoms with Crippen LogP contribution in [-0.2, 0) is 42.9 Å². The topological polar surface area (TPSA) is 175 Å². The van der Waals surface area contributed by atoms with Crippen LogP contribution >= 0.6 is 0 Å². The molecule has 1 aliphatic heterocycles. The second-order valence-electron chi connectivity index (χ2n) is 19.9. The Kier molecular flexibility index (Phi) is 46.6. The van der Waals surface area contributed by atoms with Crippen LogP contribution in [0.5, 0.6) is 0 Å². The van der Waals surface area contributed by atoms with Crippen LogP contribution in [0.15, 0.2) is 85.1 Å². The first-order chi connectivity index (χ1) is 36.6. The molecule has 3 N–H and O–H groups in total. The highest BCUT2D eigenvalue weighted by Crippen LogP contribution is 2.26. The lowest BCUT2D eigenvalue weighted by atomic mass is 9.98. The number of aliphatic hydroxyl groups excluding tert-OH is 2. The summed E-state index contributed by atoms with van der Waals surface area (Å²) in [6.07, 6.45) is 52.7. The van der Waals surface area contributed by atoms with E-state index in [-0.39, 0.29) is 25.9 Å². The zero-order valence-corrected chi connectivity index (χ0v) is 47.0. The van der Waals surface area contributed by atoms with E-state index < -0.39 is 67.3 Å². The summed E-state index contributed by atoms with van der Waals surface area (Å²) in [5.41, 5.74) is 0. The van der Waals surface area contributed by atoms with Gasteiger partial charge in [0.1, 0.15) is 18.8 Å². The van der Waals surface area contributed by atoms with Gasteiger partial charge in [-0.2, -0.15) is 0 Å². The molecule has 0 aromatic carbocycles. The maximum absolute atomic E-state index is 13.2. The van der Waals surface area contributed by atoms with Crippen molar-refractivity contribution in [3.63, 3.8) is 0 Å². The van der Waals surface area contributed by atoms with Gasteiger partial charge in [-0.15, -0.1) is 0 Å². The molecule has 0 amide bonds. The van der Waals surface area contributed by atoms with Crippen molar-refractivity contribution in [3.8, 4) is 0 Å². The molecule has 12 heteroatoms. The molecule has 75 heavy (non-hydrogen) atoms. The first-order valence-corrected chi connectivity index (χ1v) is 29.6. The fraction of sp³-hybridized carbons (Fsp3) is 0.714. The van der Waals surface area contributed by atoms with Crippen molar-refractivity contribution >= 4 is 23.9 Å². The van der Waals surface area contributed by atoms with Crippen LogP contribution in [0.4, 0.5) is 0 Å². The number of allylic oxidation sites excluding steroid dienone is 14. The normalized spacial score (nSPS) is 18.8. The van der Waals surface area contributed by atoms with Gasteiger partial charge in [-0.05, 0) is 89.9 Å². The van der Waals surface area contributed by atoms with Crippen LogP contribution in [0.1, 0.15) is 239 Å². The van der Waals surface area contributed by atoms with Crippen molar-refractivity contribution in [1.29, 1.82) is 0 Å². The number of aliphatic carboxylic acids is 1. The number of ether oxygens (including phenoxy) is 5. The Bertz CT molecular complexity index is 1630. The van der Waals surface area contributed by atoms with Gasteiger partial charge in [-0.25, -0.2) is 4.79 Å². The SMILES string of the molecule is CC/C=C\C/C=C\C/C=C\C/C=C\CCCCCCC(=O)OCC(COC1OC(C(=O)O)C(O)C(O)C1OC(=O)CCCCC/C=C\C/C=C\C/C=C\CC)OC(=O)CCCCCCCCCCCCCCCCC. The smallest absolute Gasteiger partial charge is 0.335 e. The monoisotopic (exact) mass is 1050 g/mol. The fourth-order valence-electron chi connectivity index (χ4n) is 8.49. The van der Waals surface area contributed by atoms with Crippen LogP contribution in [0, 0.1) is 0 Å². The largest absolute Gasteiger partial charge is 0.479 e. The molecule has 1 rings (SSSR count). The van der Waals surface area contributed by atoms with Crippen LogP contribution in [0.3, 0.4) is 0 Å². The molecule has 0 aromatic heterocycles. The van der Waals surface area contributed by atoms with E-state index in [9.17, 15) is 34.5 Å². The summed E-state index contributed by atoms with van der Waals surface area (Å²) >= 11 is 0. The van der Waals surface area contributed by atoms with Crippen LogP contribution in [-0.4, -0.2) is 89.2 Å². The highest BCUT2D eigenvalue weighted by Gasteiger charge is 2.50. The van der Waals surface area contributed by atoms with Crippen LogP contribution < -0.4 is 0 Å². The van der Waals surface area contributed by atoms with Crippen molar-refractivity contribution in [2.24, 2.45) is 0 Å². The van der Waals surface area contributed by atoms with Crippen molar-refractivity contribution in [2.45, 2.75) is 276 Å². The van der Waals surface area contributed by atoms with E-state index in [0.717, 1.165) is 109 Å². The molecule has 0 radical (unpaired) electrons. The van der Waals surface area contributed by atoms with Gasteiger partial charge in [-0.1, -0.05) is 215 Å². The second kappa shape index (κ2) is 50.7. The van der Waals surface area contributed by atoms with Gasteiger partial charge in [0.05, 0.1) is 6.61 Å². The summed E-state index contributed by atoms with van der Waals surface area (Å²) in [6.45, 7) is 5.73. The van der Waals surface area contributed by atoms with Crippen LogP contribution in [0.25, 0.3) is 0 Å². The second-order valence-corrected chi connectivity index (χ2v) is 19.9. The Hall–Kier alpha value is -4.10. The molecule has 1 aliphatic rings. The molecule has 0 spiro atoms. The van der Waals surface area contributed by atoms with E-state index in [1.165, 1.54) is 70.6 Å². The Morgan fingerprint density at radius 1 is 0.453 bits per heavy atom. The predicted molar refractivity (Wildman–Crippen MR) is 303 cm³/mol. The Labute approximate surface area is 454 Å². The van der Waals surface area contributed by atoms with E-state index in [1.807, 2.05) is 0 Å². The standard InChI is InChI=1S/C63H104O12/c1-4-7-10-13-16-19-22-25-27-28-30-32-34-37-40-43-46-49-55(64)71-52-54(73-56(65)50-47-44-41-38-36-33-29-26-23-20-17-14-11-8-5-2)53-72-63-61(59(68)58(67)60(75-63)62(69)70)74-57(66)51-48-45-42-39-35-31-24-21-18-15-12-9-6-3/h7,9-10,12,16,18-19,21,25,27,30-32,35,54,58-61,63,67-68H,4-6,8,11,13-15,17,20,22-24,26,28-29,33-34,36-53H2,1-3H3,(H,69,70)/b10-7-,12-9-,19-16-,21-18-,27-25-,32-30-,35-31-. The number of unbranched alkanes of at least 4 members (excludes halogenated alkanes) is 21. The van der Waals surface area contributed by atoms with E-state index >= 15 is 0 Å². The van der Waals surface area contributed by atoms with E-state index in [1.54, 1.807) is 0 Å². The Morgan fingerprint density at radius 3 is 1.29 bits per heavy atom. The number of carbonyl (C=O) groups excluding carboxylic acids is 3. The minimum Gasteiger partial charge on any atom is -0.479 e. The molecule has 428 valence electrons. The lowest BCUT2D eigenvalue weighted by Crippen LogP contribution is -2.61. The number of carboxylic acid groups (broad SMARTS) is 1. The summed E-state index contributed by atoms with van der Waals surface area (Å²) < 4.78 is 28.4. The molecule has 1 heterocycles.